The molecular formula is C7H14O3. The molecule has 1 fully saturated rings. The first-order valence-corrected chi connectivity index (χ1v) is 3.55. The van der Waals surface area contributed by atoms with E-state index in [2.05, 4.69) is 0 Å². The van der Waals surface area contributed by atoms with Crippen molar-refractivity contribution >= 4 is 0 Å². The van der Waals surface area contributed by atoms with E-state index in [-0.39, 0.29) is 6.10 Å². The Hall–Kier alpha value is -0.120. The lowest BCUT2D eigenvalue weighted by Gasteiger charge is -2.35. The molecule has 2 N–H and O–H groups in total. The second-order valence-corrected chi connectivity index (χ2v) is 3.31. The molecule has 0 amide bonds. The van der Waals surface area contributed by atoms with Gasteiger partial charge in [0.25, 0.3) is 0 Å². The highest BCUT2D eigenvalue weighted by atomic mass is 16.6. The Morgan fingerprint density at radius 1 is 1.50 bits per heavy atom. The molecule has 10 heavy (non-hydrogen) atoms. The van der Waals surface area contributed by atoms with Crippen LogP contribution in [0, 0.1) is 0 Å². The van der Waals surface area contributed by atoms with Crippen LogP contribution in [0.15, 0.2) is 0 Å². The molecule has 3 nitrogen and oxygen atoms in total. The van der Waals surface area contributed by atoms with Crippen molar-refractivity contribution in [2.24, 2.45) is 0 Å². The molecule has 1 rings (SSSR count). The molecule has 0 radical (unpaired) electrons. The fraction of sp³-hybridized carbons (Fsp3) is 1.00. The van der Waals surface area contributed by atoms with Crippen LogP contribution in [0.5, 0.6) is 0 Å². The topological polar surface area (TPSA) is 49.7 Å². The lowest BCUT2D eigenvalue weighted by atomic mass is 9.92. The summed E-state index contributed by atoms with van der Waals surface area (Å²) in [5.41, 5.74) is -0.753. The van der Waals surface area contributed by atoms with Crippen molar-refractivity contribution in [3.8, 4) is 0 Å². The van der Waals surface area contributed by atoms with Crippen molar-refractivity contribution in [1.29, 1.82) is 0 Å². The molecular weight excluding hydrogens is 132 g/mol. The second kappa shape index (κ2) is 2.49. The van der Waals surface area contributed by atoms with Gasteiger partial charge in [0.2, 0.25) is 0 Å². The molecule has 0 aromatic heterocycles. The minimum Gasteiger partial charge on any atom is -0.390 e. The summed E-state index contributed by atoms with van der Waals surface area (Å²) in [7, 11) is 0. The van der Waals surface area contributed by atoms with Crippen molar-refractivity contribution in [2.75, 3.05) is 0 Å². The third-order valence-electron chi connectivity index (χ3n) is 1.73. The van der Waals surface area contributed by atoms with Gasteiger partial charge in [0.05, 0.1) is 11.7 Å². The number of aliphatic hydroxyl groups excluding tert-OH is 1. The molecule has 3 atom stereocenters. The Bertz CT molecular complexity index is 110. The van der Waals surface area contributed by atoms with E-state index >= 15 is 0 Å². The van der Waals surface area contributed by atoms with Crippen molar-refractivity contribution in [3.05, 3.63) is 0 Å². The molecule has 3 heteroatoms. The van der Waals surface area contributed by atoms with Crippen molar-refractivity contribution in [2.45, 2.75) is 44.7 Å². The van der Waals surface area contributed by atoms with E-state index in [0.717, 1.165) is 0 Å². The summed E-state index contributed by atoms with van der Waals surface area (Å²) in [4.78, 5) is 0. The van der Waals surface area contributed by atoms with Crippen LogP contribution in [-0.2, 0) is 4.74 Å². The summed E-state index contributed by atoms with van der Waals surface area (Å²) in [5, 5.41) is 18.5. The molecule has 0 aromatic carbocycles. The fourth-order valence-electron chi connectivity index (χ4n) is 1.44. The first-order valence-electron chi connectivity index (χ1n) is 3.55. The Morgan fingerprint density at radius 2 is 2.10 bits per heavy atom. The van der Waals surface area contributed by atoms with Crippen LogP contribution in [0.2, 0.25) is 0 Å². The van der Waals surface area contributed by atoms with E-state index in [9.17, 15) is 5.11 Å². The predicted octanol–water partition coefficient (Wildman–Crippen LogP) is 0.255. The van der Waals surface area contributed by atoms with Gasteiger partial charge in [0.1, 0.15) is 0 Å². The van der Waals surface area contributed by atoms with E-state index in [1.54, 1.807) is 6.92 Å². The standard InChI is InChI=1S/C7H14O3/c1-5-3-7(2,9)4-6(8)10-5/h5-6,8-9H,3-4H2,1-2H3/t5-,6?,7?/m0/s1. The van der Waals surface area contributed by atoms with Crippen molar-refractivity contribution < 1.29 is 14.9 Å². The van der Waals surface area contributed by atoms with Crippen LogP contribution in [0.3, 0.4) is 0 Å². The smallest absolute Gasteiger partial charge is 0.157 e. The zero-order valence-electron chi connectivity index (χ0n) is 6.37. The van der Waals surface area contributed by atoms with Crippen LogP contribution in [0.1, 0.15) is 26.7 Å². The van der Waals surface area contributed by atoms with E-state index in [1.165, 1.54) is 0 Å². The normalized spacial score (nSPS) is 49.2. The summed E-state index contributed by atoms with van der Waals surface area (Å²) >= 11 is 0. The molecule has 2 unspecified atom stereocenters. The molecule has 0 aromatic rings. The van der Waals surface area contributed by atoms with Gasteiger partial charge in [-0.2, -0.15) is 0 Å². The maximum Gasteiger partial charge on any atom is 0.157 e. The highest BCUT2D eigenvalue weighted by molar-refractivity contribution is 4.80. The first-order chi connectivity index (χ1) is 4.49. The molecule has 1 aliphatic heterocycles. The molecule has 0 saturated carbocycles. The maximum atomic E-state index is 9.48. The zero-order chi connectivity index (χ0) is 7.78. The molecule has 1 saturated heterocycles. The van der Waals surface area contributed by atoms with Gasteiger partial charge in [0, 0.05) is 12.8 Å². The van der Waals surface area contributed by atoms with Crippen molar-refractivity contribution in [1.82, 2.24) is 0 Å². The highest BCUT2D eigenvalue weighted by Gasteiger charge is 2.33. The average Bonchev–Trinajstić information content (AvgIpc) is 1.54. The molecule has 1 aliphatic rings. The molecule has 60 valence electrons. The van der Waals surface area contributed by atoms with Gasteiger partial charge < -0.3 is 14.9 Å². The Morgan fingerprint density at radius 3 is 2.50 bits per heavy atom. The first kappa shape index (κ1) is 7.98. The van der Waals surface area contributed by atoms with E-state index in [0.29, 0.717) is 12.8 Å². The molecule has 0 aliphatic carbocycles. The number of hydrogen-bond donors (Lipinski definition) is 2. The second-order valence-electron chi connectivity index (χ2n) is 3.31. The van der Waals surface area contributed by atoms with Crippen molar-refractivity contribution in [3.63, 3.8) is 0 Å². The minimum atomic E-state index is -0.793. The van der Waals surface area contributed by atoms with Crippen LogP contribution < -0.4 is 0 Å². The fourth-order valence-corrected chi connectivity index (χ4v) is 1.44. The predicted molar refractivity (Wildman–Crippen MR) is 36.4 cm³/mol. The summed E-state index contributed by atoms with van der Waals surface area (Å²) in [6.07, 6.45) is 0.0824. The van der Waals surface area contributed by atoms with Crippen LogP contribution in [0.25, 0.3) is 0 Å². The van der Waals surface area contributed by atoms with Gasteiger partial charge in [-0.05, 0) is 13.8 Å². The van der Waals surface area contributed by atoms with Gasteiger partial charge in [-0.1, -0.05) is 0 Å². The lowest BCUT2D eigenvalue weighted by molar-refractivity contribution is -0.208. The van der Waals surface area contributed by atoms with Gasteiger partial charge in [0.15, 0.2) is 6.29 Å². The van der Waals surface area contributed by atoms with Crippen LogP contribution in [0.4, 0.5) is 0 Å². The number of aliphatic hydroxyl groups is 2. The average molecular weight is 146 g/mol. The van der Waals surface area contributed by atoms with Gasteiger partial charge in [-0.15, -0.1) is 0 Å². The Kier molecular flexibility index (Phi) is 1.99. The van der Waals surface area contributed by atoms with Crippen LogP contribution >= 0.6 is 0 Å². The third-order valence-corrected chi connectivity index (χ3v) is 1.73. The number of ether oxygens (including phenoxy) is 1. The van der Waals surface area contributed by atoms with Gasteiger partial charge >= 0.3 is 0 Å². The van der Waals surface area contributed by atoms with Gasteiger partial charge in [-0.25, -0.2) is 0 Å². The quantitative estimate of drug-likeness (QED) is 0.515. The molecule has 1 heterocycles. The summed E-state index contributed by atoms with van der Waals surface area (Å²) in [6, 6.07) is 0. The number of rotatable bonds is 0. The maximum absolute atomic E-state index is 9.48. The summed E-state index contributed by atoms with van der Waals surface area (Å²) in [5.74, 6) is 0. The summed E-state index contributed by atoms with van der Waals surface area (Å²) in [6.45, 7) is 3.56. The minimum absolute atomic E-state index is 0.0428. The third kappa shape index (κ3) is 1.94. The summed E-state index contributed by atoms with van der Waals surface area (Å²) < 4.78 is 5.02. The van der Waals surface area contributed by atoms with E-state index < -0.39 is 11.9 Å². The SMILES string of the molecule is C[C@H]1CC(C)(O)CC(O)O1. The molecule has 0 bridgehead atoms. The number of hydrogen-bond acceptors (Lipinski definition) is 3. The van der Waals surface area contributed by atoms with E-state index in [1.807, 2.05) is 6.92 Å². The van der Waals surface area contributed by atoms with Gasteiger partial charge in [-0.3, -0.25) is 0 Å². The van der Waals surface area contributed by atoms with Crippen LogP contribution in [-0.4, -0.2) is 28.2 Å². The van der Waals surface area contributed by atoms with E-state index in [4.69, 9.17) is 9.84 Å². The monoisotopic (exact) mass is 146 g/mol. The lowest BCUT2D eigenvalue weighted by Crippen LogP contribution is -2.41. The Balaban J connectivity index is 2.51. The molecule has 0 spiro atoms. The highest BCUT2D eigenvalue weighted by Crippen LogP contribution is 2.26. The largest absolute Gasteiger partial charge is 0.390 e. The zero-order valence-corrected chi connectivity index (χ0v) is 6.37. The Labute approximate surface area is 60.6 Å².